The molecule has 0 bridgehead atoms. The van der Waals surface area contributed by atoms with Gasteiger partial charge in [-0.2, -0.15) is 0 Å². The Kier molecular flexibility index (Phi) is 5.97. The van der Waals surface area contributed by atoms with Crippen LogP contribution in [0.1, 0.15) is 0 Å². The Bertz CT molecular complexity index is 135. The van der Waals surface area contributed by atoms with Crippen LogP contribution in [0.5, 0.6) is 0 Å². The normalized spacial score (nSPS) is 8.91. The van der Waals surface area contributed by atoms with Gasteiger partial charge in [-0.1, -0.05) is 0 Å². The second-order valence-corrected chi connectivity index (χ2v) is 2.00. The average molecular weight is 199 g/mol. The third kappa shape index (κ3) is 5.94. The van der Waals surface area contributed by atoms with Crippen molar-refractivity contribution < 1.29 is 14.3 Å². The van der Waals surface area contributed by atoms with Crippen LogP contribution >= 0.6 is 23.2 Å². The highest BCUT2D eigenvalue weighted by atomic mass is 35.5. The van der Waals surface area contributed by atoms with Gasteiger partial charge in [0.05, 0.1) is 0 Å². The van der Waals surface area contributed by atoms with Crippen LogP contribution in [0, 0.1) is 0 Å². The molecule has 0 aliphatic heterocycles. The molecule has 0 saturated carbocycles. The highest BCUT2D eigenvalue weighted by molar-refractivity contribution is 6.27. The molecule has 0 aromatic carbocycles. The lowest BCUT2D eigenvalue weighted by Gasteiger charge is -1.99. The summed E-state index contributed by atoms with van der Waals surface area (Å²) in [6.45, 7) is -0.308. The number of carbonyl (C=O) groups excluding carboxylic acids is 2. The summed E-state index contributed by atoms with van der Waals surface area (Å²) in [4.78, 5) is 20.7. The second kappa shape index (κ2) is 6.24. The summed E-state index contributed by atoms with van der Waals surface area (Å²) < 4.78 is 4.35. The first-order valence-electron chi connectivity index (χ1n) is 2.68. The largest absolute Gasteiger partial charge is 0.441 e. The van der Waals surface area contributed by atoms with Crippen molar-refractivity contribution in [3.8, 4) is 0 Å². The number of carbonyl (C=O) groups is 2. The zero-order valence-corrected chi connectivity index (χ0v) is 7.06. The molecule has 0 unspecified atom stereocenters. The zero-order chi connectivity index (χ0) is 8.69. The molecule has 1 amide bonds. The van der Waals surface area contributed by atoms with E-state index in [1.165, 1.54) is 0 Å². The smallest absolute Gasteiger partial charge is 0.322 e. The van der Waals surface area contributed by atoms with E-state index in [0.29, 0.717) is 0 Å². The van der Waals surface area contributed by atoms with E-state index in [4.69, 9.17) is 23.2 Å². The van der Waals surface area contributed by atoms with Crippen molar-refractivity contribution in [1.82, 2.24) is 5.32 Å². The standard InChI is InChI=1S/C5H6Cl2NO3/c6-1-4(9)8-3-11-5(10)2-7/h1-3H2. The minimum absolute atomic E-state index is 0.210. The number of nitrogens with zero attached hydrogens (tertiary/aromatic N) is 1. The van der Waals surface area contributed by atoms with Gasteiger partial charge in [0.2, 0.25) is 0 Å². The monoisotopic (exact) mass is 198 g/mol. The average Bonchev–Trinajstić information content (AvgIpc) is 2.04. The number of ether oxygens (including phenoxy) is 1. The Morgan fingerprint density at radius 2 is 1.91 bits per heavy atom. The Morgan fingerprint density at radius 1 is 1.27 bits per heavy atom. The molecule has 0 aliphatic carbocycles. The molecule has 0 aromatic heterocycles. The number of esters is 1. The van der Waals surface area contributed by atoms with Gasteiger partial charge in [0, 0.05) is 0 Å². The minimum atomic E-state index is -0.613. The molecule has 6 heteroatoms. The summed E-state index contributed by atoms with van der Waals surface area (Å²) in [5.74, 6) is -1.59. The van der Waals surface area contributed by atoms with E-state index < -0.39 is 11.9 Å². The first-order chi connectivity index (χ1) is 5.20. The molecule has 0 saturated heterocycles. The molecule has 0 aliphatic rings. The number of amides is 1. The summed E-state index contributed by atoms with van der Waals surface area (Å²) in [6.07, 6.45) is 0. The SMILES string of the molecule is O=C(CCl)[N]COC(=O)CCl. The number of hydrogen-bond donors (Lipinski definition) is 0. The highest BCUT2D eigenvalue weighted by Crippen LogP contribution is 1.82. The molecule has 63 valence electrons. The molecule has 1 radical (unpaired) electrons. The van der Waals surface area contributed by atoms with Crippen molar-refractivity contribution in [2.24, 2.45) is 0 Å². The van der Waals surface area contributed by atoms with E-state index >= 15 is 0 Å². The maximum atomic E-state index is 10.4. The van der Waals surface area contributed by atoms with E-state index in [0.717, 1.165) is 0 Å². The van der Waals surface area contributed by atoms with Crippen LogP contribution < -0.4 is 5.32 Å². The molecule has 0 spiro atoms. The number of halogens is 2. The Labute approximate surface area is 73.8 Å². The fraction of sp³-hybridized carbons (Fsp3) is 0.600. The van der Waals surface area contributed by atoms with Gasteiger partial charge in [-0.3, -0.25) is 9.59 Å². The predicted molar refractivity (Wildman–Crippen MR) is 39.5 cm³/mol. The van der Waals surface area contributed by atoms with Crippen LogP contribution in [0.25, 0.3) is 0 Å². The van der Waals surface area contributed by atoms with Crippen molar-refractivity contribution in [2.45, 2.75) is 0 Å². The topological polar surface area (TPSA) is 57.5 Å². The molecule has 0 fully saturated rings. The Hall–Kier alpha value is -0.480. The summed E-state index contributed by atoms with van der Waals surface area (Å²) in [6, 6.07) is 0. The first-order valence-corrected chi connectivity index (χ1v) is 3.75. The first kappa shape index (κ1) is 10.5. The van der Waals surface area contributed by atoms with Crippen molar-refractivity contribution in [3.05, 3.63) is 0 Å². The van der Waals surface area contributed by atoms with Gasteiger partial charge in [-0.25, -0.2) is 5.32 Å². The van der Waals surface area contributed by atoms with Crippen molar-refractivity contribution >= 4 is 35.1 Å². The van der Waals surface area contributed by atoms with Crippen LogP contribution in [0.4, 0.5) is 0 Å². The molecule has 4 nitrogen and oxygen atoms in total. The van der Waals surface area contributed by atoms with Gasteiger partial charge < -0.3 is 4.74 Å². The lowest BCUT2D eigenvalue weighted by atomic mass is 10.7. The number of rotatable bonds is 4. The zero-order valence-electron chi connectivity index (χ0n) is 5.55. The molecular weight excluding hydrogens is 193 g/mol. The third-order valence-electron chi connectivity index (χ3n) is 0.690. The lowest BCUT2D eigenvalue weighted by Crippen LogP contribution is -2.22. The molecule has 0 N–H and O–H groups in total. The van der Waals surface area contributed by atoms with Gasteiger partial charge >= 0.3 is 5.97 Å². The molecule has 0 atom stereocenters. The fourth-order valence-electron chi connectivity index (χ4n) is 0.257. The predicted octanol–water partition coefficient (Wildman–Crippen LogP) is 0.0957. The minimum Gasteiger partial charge on any atom is -0.441 e. The number of alkyl halides is 2. The van der Waals surface area contributed by atoms with Crippen LogP contribution in [0.15, 0.2) is 0 Å². The quantitative estimate of drug-likeness (QED) is 0.476. The molecule has 11 heavy (non-hydrogen) atoms. The maximum Gasteiger partial charge on any atom is 0.322 e. The van der Waals surface area contributed by atoms with Crippen molar-refractivity contribution in [2.75, 3.05) is 18.5 Å². The summed E-state index contributed by atoms with van der Waals surface area (Å²) >= 11 is 10.2. The molecular formula is C5H6Cl2NO3. The second-order valence-electron chi connectivity index (χ2n) is 1.46. The Balaban J connectivity index is 3.27. The van der Waals surface area contributed by atoms with Crippen molar-refractivity contribution in [1.29, 1.82) is 0 Å². The summed E-state index contributed by atoms with van der Waals surface area (Å²) in [5.41, 5.74) is 0. The van der Waals surface area contributed by atoms with Crippen LogP contribution in [0.2, 0.25) is 0 Å². The summed E-state index contributed by atoms with van der Waals surface area (Å²) in [5, 5.41) is 3.26. The van der Waals surface area contributed by atoms with Crippen LogP contribution in [-0.4, -0.2) is 30.4 Å². The van der Waals surface area contributed by atoms with E-state index in [9.17, 15) is 9.59 Å². The van der Waals surface area contributed by atoms with Crippen molar-refractivity contribution in [3.63, 3.8) is 0 Å². The third-order valence-corrected chi connectivity index (χ3v) is 1.14. The van der Waals surface area contributed by atoms with Gasteiger partial charge in [0.1, 0.15) is 11.8 Å². The molecule has 0 rings (SSSR count). The fourth-order valence-corrected chi connectivity index (χ4v) is 0.419. The van der Waals surface area contributed by atoms with E-state index in [1.54, 1.807) is 0 Å². The van der Waals surface area contributed by atoms with Crippen LogP contribution in [0.3, 0.4) is 0 Å². The van der Waals surface area contributed by atoms with E-state index in [1.807, 2.05) is 0 Å². The number of hydrogen-bond acceptors (Lipinski definition) is 3. The molecule has 0 heterocycles. The highest BCUT2D eigenvalue weighted by Gasteiger charge is 2.02. The van der Waals surface area contributed by atoms with Gasteiger partial charge in [-0.05, 0) is 0 Å². The van der Waals surface area contributed by atoms with Gasteiger partial charge in [0.15, 0.2) is 6.73 Å². The summed E-state index contributed by atoms with van der Waals surface area (Å²) in [7, 11) is 0. The maximum absolute atomic E-state index is 10.4. The van der Waals surface area contributed by atoms with Gasteiger partial charge in [-0.15, -0.1) is 23.2 Å². The molecule has 0 aromatic rings. The van der Waals surface area contributed by atoms with Crippen LogP contribution in [-0.2, 0) is 14.3 Å². The van der Waals surface area contributed by atoms with E-state index in [2.05, 4.69) is 10.1 Å². The van der Waals surface area contributed by atoms with E-state index in [-0.39, 0.29) is 18.5 Å². The Morgan fingerprint density at radius 3 is 2.36 bits per heavy atom. The van der Waals surface area contributed by atoms with Gasteiger partial charge in [0.25, 0.3) is 5.91 Å². The lowest BCUT2D eigenvalue weighted by molar-refractivity contribution is -0.142.